The minimum absolute atomic E-state index is 0.0932. The molecule has 1 aliphatic rings. The number of rotatable bonds is 6. The van der Waals surface area contributed by atoms with Gasteiger partial charge in [0, 0.05) is 39.9 Å². The lowest BCUT2D eigenvalue weighted by atomic mass is 9.95. The molecule has 6 nitrogen and oxygen atoms in total. The Bertz CT molecular complexity index is 985. The highest BCUT2D eigenvalue weighted by molar-refractivity contribution is 7.99. The van der Waals surface area contributed by atoms with Crippen LogP contribution < -0.4 is 5.56 Å². The van der Waals surface area contributed by atoms with E-state index in [1.807, 2.05) is 54.6 Å². The Balaban J connectivity index is 1.98. The van der Waals surface area contributed by atoms with E-state index >= 15 is 0 Å². The molecule has 2 amide bonds. The third-order valence-corrected chi connectivity index (χ3v) is 6.49. The van der Waals surface area contributed by atoms with Gasteiger partial charge in [0.25, 0.3) is 11.5 Å². The fraction of sp³-hybridized carbons (Fsp3) is 0.435. The van der Waals surface area contributed by atoms with Crippen LogP contribution in [0.1, 0.15) is 34.0 Å². The Morgan fingerprint density at radius 3 is 2.53 bits per heavy atom. The fourth-order valence-electron chi connectivity index (χ4n) is 3.76. The Morgan fingerprint density at radius 1 is 1.20 bits per heavy atom. The highest BCUT2D eigenvalue weighted by Crippen LogP contribution is 2.23. The lowest BCUT2D eigenvalue weighted by Gasteiger charge is -2.32. The first kappa shape index (κ1) is 22.2. The topological polar surface area (TPSA) is 62.6 Å². The van der Waals surface area contributed by atoms with Crippen molar-refractivity contribution in [3.05, 3.63) is 69.1 Å². The van der Waals surface area contributed by atoms with Gasteiger partial charge in [-0.3, -0.25) is 14.4 Å². The first-order valence-electron chi connectivity index (χ1n) is 10.2. The maximum atomic E-state index is 13.2. The summed E-state index contributed by atoms with van der Waals surface area (Å²) in [6.07, 6.45) is 4.99. The summed E-state index contributed by atoms with van der Waals surface area (Å²) in [4.78, 5) is 42.0. The average Bonchev–Trinajstić information content (AvgIpc) is 2.76. The van der Waals surface area contributed by atoms with Crippen molar-refractivity contribution >= 4 is 23.6 Å². The van der Waals surface area contributed by atoms with Gasteiger partial charge in [-0.1, -0.05) is 30.3 Å². The summed E-state index contributed by atoms with van der Waals surface area (Å²) in [5.41, 5.74) is 2.81. The van der Waals surface area contributed by atoms with Crippen LogP contribution in [0.4, 0.5) is 0 Å². The van der Waals surface area contributed by atoms with E-state index in [4.69, 9.17) is 0 Å². The van der Waals surface area contributed by atoms with Gasteiger partial charge in [0.15, 0.2) is 0 Å². The van der Waals surface area contributed by atoms with E-state index < -0.39 is 0 Å². The SMILES string of the molecule is CSC(C)C(=O)N1CCc2c(cn(CCc3ccccc3)c(=O)c2C(=O)N(C)C)C1. The van der Waals surface area contributed by atoms with Crippen LogP contribution in [0, 0.1) is 0 Å². The molecule has 1 aromatic heterocycles. The van der Waals surface area contributed by atoms with E-state index in [0.29, 0.717) is 32.5 Å². The molecule has 1 atom stereocenters. The van der Waals surface area contributed by atoms with Crippen LogP contribution in [-0.4, -0.2) is 58.3 Å². The van der Waals surface area contributed by atoms with Gasteiger partial charge < -0.3 is 14.4 Å². The monoisotopic (exact) mass is 427 g/mol. The molecule has 0 fully saturated rings. The van der Waals surface area contributed by atoms with Gasteiger partial charge in [-0.15, -0.1) is 0 Å². The molecule has 0 spiro atoms. The molecule has 0 saturated heterocycles. The molecule has 2 heterocycles. The van der Waals surface area contributed by atoms with Gasteiger partial charge in [0.2, 0.25) is 5.91 Å². The molecule has 0 radical (unpaired) electrons. The zero-order valence-electron chi connectivity index (χ0n) is 18.1. The molecular weight excluding hydrogens is 398 g/mol. The first-order chi connectivity index (χ1) is 14.3. The predicted molar refractivity (Wildman–Crippen MR) is 121 cm³/mol. The second-order valence-corrected chi connectivity index (χ2v) is 9.01. The average molecular weight is 428 g/mol. The quantitative estimate of drug-likeness (QED) is 0.710. The third-order valence-electron chi connectivity index (χ3n) is 5.59. The van der Waals surface area contributed by atoms with Crippen molar-refractivity contribution in [3.63, 3.8) is 0 Å². The predicted octanol–water partition coefficient (Wildman–Crippen LogP) is 2.43. The van der Waals surface area contributed by atoms with E-state index in [9.17, 15) is 14.4 Å². The largest absolute Gasteiger partial charge is 0.345 e. The van der Waals surface area contributed by atoms with E-state index in [1.54, 1.807) is 18.7 Å². The summed E-state index contributed by atoms with van der Waals surface area (Å²) in [6, 6.07) is 9.97. The van der Waals surface area contributed by atoms with Crippen molar-refractivity contribution < 1.29 is 9.59 Å². The van der Waals surface area contributed by atoms with E-state index in [2.05, 4.69) is 0 Å². The van der Waals surface area contributed by atoms with Gasteiger partial charge >= 0.3 is 0 Å². The Morgan fingerprint density at radius 2 is 1.90 bits per heavy atom. The Kier molecular flexibility index (Phi) is 7.02. The van der Waals surface area contributed by atoms with Gasteiger partial charge in [0.1, 0.15) is 5.56 Å². The number of carbonyl (C=O) groups excluding carboxylic acids is 2. The second-order valence-electron chi connectivity index (χ2n) is 7.83. The van der Waals surface area contributed by atoms with Gasteiger partial charge in [-0.05, 0) is 42.7 Å². The van der Waals surface area contributed by atoms with Crippen LogP contribution in [0.25, 0.3) is 0 Å². The van der Waals surface area contributed by atoms with Crippen molar-refractivity contribution in [2.45, 2.75) is 38.1 Å². The number of benzene rings is 1. The maximum Gasteiger partial charge on any atom is 0.263 e. The number of nitrogens with zero attached hydrogens (tertiary/aromatic N) is 3. The number of carbonyl (C=O) groups is 2. The van der Waals surface area contributed by atoms with Crippen molar-refractivity contribution in [2.75, 3.05) is 26.9 Å². The number of hydrogen-bond donors (Lipinski definition) is 0. The number of fused-ring (bicyclic) bond motifs is 1. The van der Waals surface area contributed by atoms with Gasteiger partial charge in [0.05, 0.1) is 5.25 Å². The van der Waals surface area contributed by atoms with Crippen LogP contribution in [-0.2, 0) is 30.7 Å². The molecule has 0 bridgehead atoms. The van der Waals surface area contributed by atoms with Gasteiger partial charge in [-0.25, -0.2) is 0 Å². The van der Waals surface area contributed by atoms with Crippen LogP contribution in [0.3, 0.4) is 0 Å². The Labute approximate surface area is 181 Å². The summed E-state index contributed by atoms with van der Waals surface area (Å²) in [6.45, 7) is 3.35. The zero-order chi connectivity index (χ0) is 21.8. The second kappa shape index (κ2) is 9.51. The lowest BCUT2D eigenvalue weighted by molar-refractivity contribution is -0.131. The number of aromatic nitrogens is 1. The van der Waals surface area contributed by atoms with Crippen LogP contribution in [0.2, 0.25) is 0 Å². The molecule has 2 aromatic rings. The molecule has 3 rings (SSSR count). The fourth-order valence-corrected chi connectivity index (χ4v) is 4.11. The molecule has 1 unspecified atom stereocenters. The molecule has 0 aliphatic carbocycles. The summed E-state index contributed by atoms with van der Waals surface area (Å²) >= 11 is 1.52. The number of amides is 2. The smallest absolute Gasteiger partial charge is 0.263 e. The minimum Gasteiger partial charge on any atom is -0.345 e. The van der Waals surface area contributed by atoms with E-state index in [0.717, 1.165) is 16.7 Å². The molecule has 1 aliphatic heterocycles. The first-order valence-corrected chi connectivity index (χ1v) is 11.4. The normalized spacial score (nSPS) is 14.2. The van der Waals surface area contributed by atoms with Crippen LogP contribution in [0.15, 0.2) is 41.3 Å². The van der Waals surface area contributed by atoms with Crippen LogP contribution >= 0.6 is 11.8 Å². The standard InChI is InChI=1S/C23H29N3O3S/c1-16(30-4)21(27)25-13-11-19-18(14-25)15-26(12-10-17-8-6-5-7-9-17)23(29)20(19)22(28)24(2)3/h5-9,15-16H,10-14H2,1-4H3. The summed E-state index contributed by atoms with van der Waals surface area (Å²) in [7, 11) is 3.32. The number of thioether (sulfide) groups is 1. The number of aryl methyl sites for hydroxylation is 2. The zero-order valence-corrected chi connectivity index (χ0v) is 18.9. The molecule has 1 aromatic carbocycles. The van der Waals surface area contributed by atoms with E-state index in [1.165, 1.54) is 16.7 Å². The van der Waals surface area contributed by atoms with Crippen LogP contribution in [0.5, 0.6) is 0 Å². The molecular formula is C23H29N3O3S. The summed E-state index contributed by atoms with van der Waals surface area (Å²) < 4.78 is 1.63. The molecule has 7 heteroatoms. The Hall–Kier alpha value is -2.54. The number of hydrogen-bond acceptors (Lipinski definition) is 4. The molecule has 30 heavy (non-hydrogen) atoms. The van der Waals surface area contributed by atoms with Crippen molar-refractivity contribution in [1.29, 1.82) is 0 Å². The van der Waals surface area contributed by atoms with Gasteiger partial charge in [-0.2, -0.15) is 11.8 Å². The molecule has 0 N–H and O–H groups in total. The minimum atomic E-state index is -0.275. The highest BCUT2D eigenvalue weighted by atomic mass is 32.2. The lowest BCUT2D eigenvalue weighted by Crippen LogP contribution is -2.43. The number of pyridine rings is 1. The molecule has 160 valence electrons. The maximum absolute atomic E-state index is 13.2. The molecule has 0 saturated carbocycles. The van der Waals surface area contributed by atoms with E-state index in [-0.39, 0.29) is 28.2 Å². The highest BCUT2D eigenvalue weighted by Gasteiger charge is 2.30. The third kappa shape index (κ3) is 4.61. The van der Waals surface area contributed by atoms with Crippen molar-refractivity contribution in [2.24, 2.45) is 0 Å². The van der Waals surface area contributed by atoms with Crippen molar-refractivity contribution in [3.8, 4) is 0 Å². The van der Waals surface area contributed by atoms with Crippen molar-refractivity contribution in [1.82, 2.24) is 14.4 Å². The summed E-state index contributed by atoms with van der Waals surface area (Å²) in [5.74, 6) is -0.182. The summed E-state index contributed by atoms with van der Waals surface area (Å²) in [5, 5.41) is -0.113.